The predicted octanol–water partition coefficient (Wildman–Crippen LogP) is -0.570. The topological polar surface area (TPSA) is 133 Å². The smallest absolute Gasteiger partial charge is 0.508 e. The van der Waals surface area contributed by atoms with Gasteiger partial charge in [0.05, 0.1) is 79.3 Å². The summed E-state index contributed by atoms with van der Waals surface area (Å²) in [6, 6.07) is 9.51. The van der Waals surface area contributed by atoms with E-state index in [4.69, 9.17) is 47.4 Å². The molecule has 0 saturated carbocycles. The minimum atomic E-state index is 0. The molecule has 0 atom stereocenters. The van der Waals surface area contributed by atoms with Crippen molar-refractivity contribution in [2.45, 2.75) is 0 Å². The Labute approximate surface area is 283 Å². The number of phenols is 2. The van der Waals surface area contributed by atoms with Crippen LogP contribution < -0.4 is 70.3 Å². The summed E-state index contributed by atoms with van der Waals surface area (Å²) in [7, 11) is 0. The quantitative estimate of drug-likeness (QED) is 0.372. The molecule has 0 aliphatic carbocycles. The van der Waals surface area contributed by atoms with Gasteiger partial charge < -0.3 is 57.6 Å². The van der Waals surface area contributed by atoms with E-state index in [1.165, 1.54) is 12.1 Å². The molecule has 224 valence electrons. The number of rotatable bonds is 0. The molecule has 41 heavy (non-hydrogen) atoms. The summed E-state index contributed by atoms with van der Waals surface area (Å²) in [5.41, 5.74) is 0. The van der Waals surface area contributed by atoms with E-state index in [1.54, 1.807) is 24.3 Å². The van der Waals surface area contributed by atoms with Crippen LogP contribution in [0.3, 0.4) is 0 Å². The van der Waals surface area contributed by atoms with Gasteiger partial charge in [-0.05, 0) is 24.3 Å². The van der Waals surface area contributed by atoms with Gasteiger partial charge in [0.25, 0.3) is 0 Å². The van der Waals surface area contributed by atoms with Gasteiger partial charge in [-0.25, -0.2) is 0 Å². The van der Waals surface area contributed by atoms with Gasteiger partial charge in [0.1, 0.15) is 37.9 Å². The summed E-state index contributed by atoms with van der Waals surface area (Å²) in [4.78, 5) is 0. The Morgan fingerprint density at radius 1 is 0.341 bits per heavy atom. The van der Waals surface area contributed by atoms with Crippen LogP contribution in [0.2, 0.25) is 0 Å². The number of fused-ring (bicyclic) bond motifs is 2. The standard InChI is InChI=1S/2C14H20O6.K/c2*15-12-1-2-13-14(11-12)20-10-8-18-6-4-16-3-5-17-7-9-19-13;/h2*1-2,11,15H,3-10H2;/q;;+1. The number of aromatic hydroxyl groups is 2. The normalized spacial score (nSPS) is 18.3. The third kappa shape index (κ3) is 16.2. The minimum Gasteiger partial charge on any atom is -0.508 e. The van der Waals surface area contributed by atoms with E-state index in [1.807, 2.05) is 0 Å². The van der Waals surface area contributed by atoms with Crippen LogP contribution in [0.4, 0.5) is 0 Å². The first-order chi connectivity index (χ1) is 19.7. The molecule has 0 fully saturated rings. The van der Waals surface area contributed by atoms with E-state index in [0.717, 1.165) is 0 Å². The second-order valence-electron chi connectivity index (χ2n) is 8.33. The molecule has 0 unspecified atom stereocenters. The molecule has 0 saturated heterocycles. The number of ether oxygens (including phenoxy) is 10. The van der Waals surface area contributed by atoms with Gasteiger partial charge in [0.2, 0.25) is 0 Å². The summed E-state index contributed by atoms with van der Waals surface area (Å²) >= 11 is 0. The Kier molecular flexibility index (Phi) is 20.2. The second-order valence-corrected chi connectivity index (χ2v) is 8.33. The molecule has 13 heteroatoms. The summed E-state index contributed by atoms with van der Waals surface area (Å²) < 4.78 is 54.4. The van der Waals surface area contributed by atoms with Crippen molar-refractivity contribution in [3.63, 3.8) is 0 Å². The van der Waals surface area contributed by atoms with Crippen LogP contribution >= 0.6 is 0 Å². The Bertz CT molecular complexity index is 873. The average molecular weight is 608 g/mol. The van der Waals surface area contributed by atoms with Crippen molar-refractivity contribution < 1.29 is 109 Å². The molecule has 2 heterocycles. The minimum absolute atomic E-state index is 0. The van der Waals surface area contributed by atoms with Crippen molar-refractivity contribution in [3.8, 4) is 34.5 Å². The molecule has 4 rings (SSSR count). The molecule has 0 aromatic heterocycles. The fourth-order valence-electron chi connectivity index (χ4n) is 3.38. The maximum absolute atomic E-state index is 9.49. The molecule has 0 radical (unpaired) electrons. The molecule has 0 spiro atoms. The van der Waals surface area contributed by atoms with Crippen LogP contribution in [0.25, 0.3) is 0 Å². The van der Waals surface area contributed by atoms with E-state index >= 15 is 0 Å². The van der Waals surface area contributed by atoms with Gasteiger partial charge in [-0.3, -0.25) is 0 Å². The third-order valence-corrected chi connectivity index (χ3v) is 5.28. The Morgan fingerprint density at radius 3 is 0.878 bits per heavy atom. The van der Waals surface area contributed by atoms with Crippen molar-refractivity contribution in [2.24, 2.45) is 0 Å². The van der Waals surface area contributed by atoms with Crippen LogP contribution in [-0.2, 0) is 28.4 Å². The molecule has 0 amide bonds. The van der Waals surface area contributed by atoms with Crippen LogP contribution in [-0.4, -0.2) is 116 Å². The molecular weight excluding hydrogens is 567 g/mol. The van der Waals surface area contributed by atoms with E-state index in [0.29, 0.717) is 129 Å². The Morgan fingerprint density at radius 2 is 0.585 bits per heavy atom. The number of hydrogen-bond acceptors (Lipinski definition) is 12. The van der Waals surface area contributed by atoms with E-state index in [-0.39, 0.29) is 62.9 Å². The van der Waals surface area contributed by atoms with Crippen LogP contribution in [0, 0.1) is 0 Å². The van der Waals surface area contributed by atoms with Gasteiger partial charge in [-0.1, -0.05) is 0 Å². The molecule has 2 aliphatic heterocycles. The molecule has 2 aliphatic rings. The van der Waals surface area contributed by atoms with Gasteiger partial charge in [0.15, 0.2) is 23.0 Å². The number of hydrogen-bond donors (Lipinski definition) is 2. The molecule has 0 bridgehead atoms. The molecule has 2 aromatic carbocycles. The van der Waals surface area contributed by atoms with E-state index in [9.17, 15) is 10.2 Å². The van der Waals surface area contributed by atoms with Gasteiger partial charge in [-0.15, -0.1) is 0 Å². The van der Waals surface area contributed by atoms with Gasteiger partial charge in [-0.2, -0.15) is 0 Å². The summed E-state index contributed by atoms with van der Waals surface area (Å²) in [5, 5.41) is 19.0. The third-order valence-electron chi connectivity index (χ3n) is 5.28. The fourth-order valence-corrected chi connectivity index (χ4v) is 3.38. The zero-order valence-electron chi connectivity index (χ0n) is 23.8. The van der Waals surface area contributed by atoms with Gasteiger partial charge >= 0.3 is 51.4 Å². The largest absolute Gasteiger partial charge is 1.00 e. The molecule has 2 aromatic rings. The van der Waals surface area contributed by atoms with Crippen molar-refractivity contribution in [2.75, 3.05) is 106 Å². The van der Waals surface area contributed by atoms with Gasteiger partial charge in [0, 0.05) is 12.1 Å². The molecular formula is C28H40KO12+. The van der Waals surface area contributed by atoms with Crippen molar-refractivity contribution in [3.05, 3.63) is 36.4 Å². The van der Waals surface area contributed by atoms with Crippen LogP contribution in [0.15, 0.2) is 36.4 Å². The average Bonchev–Trinajstić information content (AvgIpc) is 2.97. The first kappa shape index (κ1) is 35.8. The first-order valence-corrected chi connectivity index (χ1v) is 13.4. The Balaban J connectivity index is 0.000000280. The Hall–Kier alpha value is -1.36. The SMILES string of the molecule is Oc1ccc2c(c1)OCCOCCOCCOCCO2.Oc1ccc2c(c1)OCCOCCOCCOCCO2.[K+]. The molecule has 2 N–H and O–H groups in total. The first-order valence-electron chi connectivity index (χ1n) is 13.4. The maximum Gasteiger partial charge on any atom is 1.00 e. The monoisotopic (exact) mass is 607 g/mol. The number of benzene rings is 2. The van der Waals surface area contributed by atoms with Crippen molar-refractivity contribution in [1.82, 2.24) is 0 Å². The van der Waals surface area contributed by atoms with Crippen LogP contribution in [0.5, 0.6) is 34.5 Å². The zero-order chi connectivity index (χ0) is 28.1. The van der Waals surface area contributed by atoms with Crippen molar-refractivity contribution >= 4 is 0 Å². The fraction of sp³-hybridized carbons (Fsp3) is 0.571. The van der Waals surface area contributed by atoms with E-state index < -0.39 is 0 Å². The maximum atomic E-state index is 9.49. The van der Waals surface area contributed by atoms with Crippen molar-refractivity contribution in [1.29, 1.82) is 0 Å². The summed E-state index contributed by atoms with van der Waals surface area (Å²) in [5.74, 6) is 2.43. The summed E-state index contributed by atoms with van der Waals surface area (Å²) in [6.07, 6.45) is 0. The predicted molar refractivity (Wildman–Crippen MR) is 143 cm³/mol. The van der Waals surface area contributed by atoms with E-state index in [2.05, 4.69) is 0 Å². The van der Waals surface area contributed by atoms with Crippen LogP contribution in [0.1, 0.15) is 0 Å². The molecule has 12 nitrogen and oxygen atoms in total. The number of phenolic OH excluding ortho intramolecular Hbond substituents is 2. The zero-order valence-corrected chi connectivity index (χ0v) is 26.9. The summed E-state index contributed by atoms with van der Waals surface area (Å²) in [6.45, 7) is 7.72. The second kappa shape index (κ2) is 23.1.